The third-order valence-electron chi connectivity index (χ3n) is 4.73. The Morgan fingerprint density at radius 1 is 1.07 bits per heavy atom. The molecule has 0 saturated heterocycles. The summed E-state index contributed by atoms with van der Waals surface area (Å²) in [4.78, 5) is 7.95. The number of hydrogen-bond acceptors (Lipinski definition) is 4. The topological polar surface area (TPSA) is 84.1 Å². The van der Waals surface area contributed by atoms with E-state index >= 15 is 0 Å². The summed E-state index contributed by atoms with van der Waals surface area (Å²) >= 11 is 3.44. The lowest BCUT2D eigenvalue weighted by atomic mass is 10.1. The van der Waals surface area contributed by atoms with Crippen LogP contribution in [0.3, 0.4) is 0 Å². The van der Waals surface area contributed by atoms with Crippen molar-refractivity contribution in [3.63, 3.8) is 0 Å². The highest BCUT2D eigenvalue weighted by Crippen LogP contribution is 2.26. The number of aromatic nitrogens is 2. The van der Waals surface area contributed by atoms with Crippen molar-refractivity contribution in [2.75, 3.05) is 13.7 Å². The first-order valence-corrected chi connectivity index (χ1v) is 11.6. The van der Waals surface area contributed by atoms with Gasteiger partial charge in [0.1, 0.15) is 11.6 Å². The van der Waals surface area contributed by atoms with Crippen molar-refractivity contribution in [3.05, 3.63) is 76.8 Å². The van der Waals surface area contributed by atoms with Crippen LogP contribution in [0.2, 0.25) is 0 Å². The van der Waals surface area contributed by atoms with E-state index in [0.717, 1.165) is 26.9 Å². The Morgan fingerprint density at radius 3 is 2.60 bits per heavy atom. The molecule has 1 aromatic heterocycles. The first-order chi connectivity index (χ1) is 14.5. The smallest absolute Gasteiger partial charge is 0.240 e. The molecule has 0 radical (unpaired) electrons. The molecule has 0 spiro atoms. The van der Waals surface area contributed by atoms with Gasteiger partial charge in [-0.1, -0.05) is 36.4 Å². The number of halogens is 1. The molecule has 0 atom stereocenters. The highest BCUT2D eigenvalue weighted by Gasteiger charge is 2.16. The molecule has 0 aliphatic carbocycles. The molecule has 4 rings (SSSR count). The van der Waals surface area contributed by atoms with Crippen LogP contribution in [0.4, 0.5) is 0 Å². The molecule has 3 aromatic carbocycles. The molecule has 154 valence electrons. The van der Waals surface area contributed by atoms with E-state index in [4.69, 9.17) is 4.74 Å². The summed E-state index contributed by atoms with van der Waals surface area (Å²) in [6.45, 7) is 0.289. The first kappa shape index (κ1) is 20.6. The van der Waals surface area contributed by atoms with Gasteiger partial charge in [0, 0.05) is 12.1 Å². The lowest BCUT2D eigenvalue weighted by molar-refractivity contribution is 0.412. The van der Waals surface area contributed by atoms with E-state index in [2.05, 4.69) is 30.6 Å². The van der Waals surface area contributed by atoms with E-state index in [9.17, 15) is 8.42 Å². The molecule has 4 aromatic rings. The molecule has 0 saturated carbocycles. The molecule has 1 heterocycles. The maximum atomic E-state index is 12.7. The Balaban J connectivity index is 1.48. The number of benzene rings is 3. The van der Waals surface area contributed by atoms with Gasteiger partial charge in [0.15, 0.2) is 0 Å². The van der Waals surface area contributed by atoms with Gasteiger partial charge in [-0.15, -0.1) is 0 Å². The minimum absolute atomic E-state index is 0.203. The highest BCUT2D eigenvalue weighted by atomic mass is 79.9. The van der Waals surface area contributed by atoms with E-state index < -0.39 is 10.0 Å². The molecule has 0 aliphatic heterocycles. The molecule has 6 nitrogen and oxygen atoms in total. The van der Waals surface area contributed by atoms with Crippen LogP contribution in [0.5, 0.6) is 5.75 Å². The normalized spacial score (nSPS) is 11.7. The van der Waals surface area contributed by atoms with E-state index in [-0.39, 0.29) is 11.4 Å². The number of aromatic amines is 1. The molecule has 0 amide bonds. The third-order valence-corrected chi connectivity index (χ3v) is 6.81. The van der Waals surface area contributed by atoms with Crippen molar-refractivity contribution < 1.29 is 13.2 Å². The van der Waals surface area contributed by atoms with Crippen LogP contribution in [0.1, 0.15) is 5.56 Å². The van der Waals surface area contributed by atoms with Gasteiger partial charge in [0.05, 0.1) is 27.5 Å². The zero-order valence-electron chi connectivity index (χ0n) is 16.2. The average molecular weight is 486 g/mol. The summed E-state index contributed by atoms with van der Waals surface area (Å²) in [6.07, 6.45) is 0.562. The van der Waals surface area contributed by atoms with Gasteiger partial charge in [-0.3, -0.25) is 0 Å². The quantitative estimate of drug-likeness (QED) is 0.402. The Labute approximate surface area is 183 Å². The zero-order valence-corrected chi connectivity index (χ0v) is 18.6. The van der Waals surface area contributed by atoms with Crippen LogP contribution in [0.25, 0.3) is 22.4 Å². The second kappa shape index (κ2) is 8.59. The van der Waals surface area contributed by atoms with Crippen LogP contribution in [-0.4, -0.2) is 32.0 Å². The predicted molar refractivity (Wildman–Crippen MR) is 121 cm³/mol. The molecule has 0 bridgehead atoms. The van der Waals surface area contributed by atoms with Crippen molar-refractivity contribution in [1.82, 2.24) is 14.7 Å². The number of sulfonamides is 1. The number of H-pyrrole nitrogens is 1. The van der Waals surface area contributed by atoms with E-state index in [1.807, 2.05) is 48.5 Å². The number of imidazole rings is 1. The number of nitrogens with one attached hydrogen (secondary N) is 2. The van der Waals surface area contributed by atoms with E-state index in [1.165, 1.54) is 0 Å². The van der Waals surface area contributed by atoms with Gasteiger partial charge >= 0.3 is 0 Å². The number of hydrogen-bond donors (Lipinski definition) is 2. The summed E-state index contributed by atoms with van der Waals surface area (Å²) in [5.41, 5.74) is 3.34. The van der Waals surface area contributed by atoms with Crippen LogP contribution < -0.4 is 9.46 Å². The van der Waals surface area contributed by atoms with Crippen LogP contribution in [-0.2, 0) is 16.4 Å². The Bertz CT molecular complexity index is 1290. The number of ether oxygens (including phenoxy) is 1. The SMILES string of the molecule is COc1ccc(CCNS(=O)(=O)c2ccc3nc(-c4ccccc4)[nH]c3c2)cc1Br. The molecule has 30 heavy (non-hydrogen) atoms. The summed E-state index contributed by atoms with van der Waals surface area (Å²) < 4.78 is 34.2. The minimum atomic E-state index is -3.63. The van der Waals surface area contributed by atoms with Crippen molar-refractivity contribution in [1.29, 1.82) is 0 Å². The van der Waals surface area contributed by atoms with Gasteiger partial charge in [0.25, 0.3) is 0 Å². The molecular formula is C22H20BrN3O3S. The lowest BCUT2D eigenvalue weighted by Crippen LogP contribution is -2.26. The van der Waals surface area contributed by atoms with Crippen molar-refractivity contribution in [3.8, 4) is 17.1 Å². The summed E-state index contributed by atoms with van der Waals surface area (Å²) in [5, 5.41) is 0. The van der Waals surface area contributed by atoms with Gasteiger partial charge < -0.3 is 9.72 Å². The number of rotatable bonds is 7. The second-order valence-corrected chi connectivity index (χ2v) is 9.37. The molecule has 0 unspecified atom stereocenters. The standard InChI is InChI=1S/C22H20BrN3O3S/c1-29-21-10-7-15(13-18(21)23)11-12-24-30(27,28)17-8-9-19-20(14-17)26-22(25-19)16-5-3-2-4-6-16/h2-10,13-14,24H,11-12H2,1H3,(H,25,26). The maximum Gasteiger partial charge on any atom is 0.240 e. The first-order valence-electron chi connectivity index (χ1n) is 9.33. The van der Waals surface area contributed by atoms with Crippen LogP contribution >= 0.6 is 15.9 Å². The third kappa shape index (κ3) is 4.40. The summed E-state index contributed by atoms with van der Waals surface area (Å²) in [5.74, 6) is 1.44. The van der Waals surface area contributed by atoms with Crippen LogP contribution in [0, 0.1) is 0 Å². The predicted octanol–water partition coefficient (Wildman–Crippen LogP) is 4.52. The monoisotopic (exact) mass is 485 g/mol. The lowest BCUT2D eigenvalue weighted by Gasteiger charge is -2.08. The fraction of sp³-hybridized carbons (Fsp3) is 0.136. The van der Waals surface area contributed by atoms with Gasteiger partial charge in [0.2, 0.25) is 10.0 Å². The second-order valence-electron chi connectivity index (χ2n) is 6.75. The van der Waals surface area contributed by atoms with Gasteiger partial charge in [-0.2, -0.15) is 0 Å². The highest BCUT2D eigenvalue weighted by molar-refractivity contribution is 9.10. The number of methoxy groups -OCH3 is 1. The Hall–Kier alpha value is -2.68. The maximum absolute atomic E-state index is 12.7. The van der Waals surface area contributed by atoms with E-state index in [1.54, 1.807) is 25.3 Å². The Morgan fingerprint density at radius 2 is 1.87 bits per heavy atom. The van der Waals surface area contributed by atoms with Crippen LogP contribution in [0.15, 0.2) is 76.1 Å². The molecule has 8 heteroatoms. The fourth-order valence-corrected chi connectivity index (χ4v) is 4.81. The molecule has 2 N–H and O–H groups in total. The minimum Gasteiger partial charge on any atom is -0.496 e. The molecule has 0 aliphatic rings. The number of nitrogens with zero attached hydrogens (tertiary/aromatic N) is 1. The fourth-order valence-electron chi connectivity index (χ4n) is 3.17. The van der Waals surface area contributed by atoms with Crippen molar-refractivity contribution in [2.45, 2.75) is 11.3 Å². The average Bonchev–Trinajstić information content (AvgIpc) is 3.18. The molecule has 0 fully saturated rings. The Kier molecular flexibility index (Phi) is 5.90. The zero-order chi connectivity index (χ0) is 21.1. The van der Waals surface area contributed by atoms with Gasteiger partial charge in [-0.05, 0) is 58.2 Å². The summed E-state index contributed by atoms with van der Waals surface area (Å²) in [7, 11) is -2.03. The molecular weight excluding hydrogens is 466 g/mol. The number of fused-ring (bicyclic) bond motifs is 1. The van der Waals surface area contributed by atoms with Crippen molar-refractivity contribution in [2.24, 2.45) is 0 Å². The van der Waals surface area contributed by atoms with Crippen molar-refractivity contribution >= 4 is 37.0 Å². The van der Waals surface area contributed by atoms with Gasteiger partial charge in [-0.25, -0.2) is 18.1 Å². The summed E-state index contributed by atoms with van der Waals surface area (Å²) in [6, 6.07) is 20.3. The largest absolute Gasteiger partial charge is 0.496 e. The van der Waals surface area contributed by atoms with E-state index in [0.29, 0.717) is 17.8 Å².